The van der Waals surface area contributed by atoms with Crippen LogP contribution in [0.4, 0.5) is 0 Å². The van der Waals surface area contributed by atoms with Gasteiger partial charge in [0.25, 0.3) is 0 Å². The van der Waals surface area contributed by atoms with Gasteiger partial charge in [-0.05, 0) is 43.5 Å². The van der Waals surface area contributed by atoms with Crippen LogP contribution in [0.5, 0.6) is 5.75 Å². The van der Waals surface area contributed by atoms with Crippen LogP contribution in [-0.4, -0.2) is 40.0 Å². The fraction of sp³-hybridized carbons (Fsp3) is 0.600. The Hall–Kier alpha value is -1.11. The number of ether oxygens (including phenoxy) is 1. The van der Waals surface area contributed by atoms with Gasteiger partial charge in [-0.1, -0.05) is 6.92 Å². The summed E-state index contributed by atoms with van der Waals surface area (Å²) in [5, 5.41) is 3.20. The quantitative estimate of drug-likeness (QED) is 0.796. The molecular weight excluding hydrogens is 288 g/mol. The first kappa shape index (κ1) is 16.3. The first-order chi connectivity index (χ1) is 9.98. The van der Waals surface area contributed by atoms with Crippen molar-refractivity contribution in [3.63, 3.8) is 0 Å². The van der Waals surface area contributed by atoms with E-state index in [-0.39, 0.29) is 0 Å². The molecule has 1 saturated carbocycles. The largest absolute Gasteiger partial charge is 0.496 e. The van der Waals surface area contributed by atoms with Crippen LogP contribution in [0.1, 0.15) is 25.3 Å². The molecule has 0 heterocycles. The number of rotatable bonds is 8. The molecular formula is C15H24N2O3S. The molecule has 1 aromatic rings. The SMILES string of the molecule is CCNCc1cc(S(=O)(=O)N(C)CC2CC2)ccc1OC. The number of nitrogens with one attached hydrogen (secondary N) is 1. The second-order valence-electron chi connectivity index (χ2n) is 5.48. The maximum Gasteiger partial charge on any atom is 0.242 e. The van der Waals surface area contributed by atoms with Gasteiger partial charge in [0.1, 0.15) is 5.75 Å². The molecule has 0 aromatic heterocycles. The van der Waals surface area contributed by atoms with E-state index in [1.165, 1.54) is 4.31 Å². The maximum atomic E-state index is 12.6. The van der Waals surface area contributed by atoms with Crippen molar-refractivity contribution in [1.29, 1.82) is 0 Å². The summed E-state index contributed by atoms with van der Waals surface area (Å²) in [5.74, 6) is 1.24. The lowest BCUT2D eigenvalue weighted by atomic mass is 10.2. The van der Waals surface area contributed by atoms with E-state index in [0.717, 1.165) is 24.9 Å². The van der Waals surface area contributed by atoms with Crippen LogP contribution in [0.25, 0.3) is 0 Å². The van der Waals surface area contributed by atoms with Gasteiger partial charge in [-0.3, -0.25) is 0 Å². The Labute approximate surface area is 127 Å². The van der Waals surface area contributed by atoms with Gasteiger partial charge in [-0.2, -0.15) is 0 Å². The monoisotopic (exact) mass is 312 g/mol. The lowest BCUT2D eigenvalue weighted by molar-refractivity contribution is 0.407. The summed E-state index contributed by atoms with van der Waals surface area (Å²) >= 11 is 0. The molecule has 2 rings (SSSR count). The first-order valence-electron chi connectivity index (χ1n) is 7.33. The van der Waals surface area contributed by atoms with Crippen LogP contribution in [-0.2, 0) is 16.6 Å². The molecule has 0 unspecified atom stereocenters. The maximum absolute atomic E-state index is 12.6. The highest BCUT2D eigenvalue weighted by atomic mass is 32.2. The molecule has 0 atom stereocenters. The van der Waals surface area contributed by atoms with E-state index < -0.39 is 10.0 Å². The molecule has 21 heavy (non-hydrogen) atoms. The van der Waals surface area contributed by atoms with Crippen LogP contribution in [0.15, 0.2) is 23.1 Å². The number of hydrogen-bond donors (Lipinski definition) is 1. The molecule has 0 saturated heterocycles. The summed E-state index contributed by atoms with van der Waals surface area (Å²) in [6.45, 7) is 4.03. The Bertz CT molecular complexity index is 583. The smallest absolute Gasteiger partial charge is 0.242 e. The Morgan fingerprint density at radius 2 is 2.10 bits per heavy atom. The molecule has 1 fully saturated rings. The van der Waals surface area contributed by atoms with E-state index in [1.54, 1.807) is 32.4 Å². The molecule has 1 aliphatic carbocycles. The average molecular weight is 312 g/mol. The van der Waals surface area contributed by atoms with Crippen molar-refractivity contribution in [2.24, 2.45) is 5.92 Å². The third-order valence-electron chi connectivity index (χ3n) is 3.74. The van der Waals surface area contributed by atoms with Crippen LogP contribution in [0.2, 0.25) is 0 Å². The van der Waals surface area contributed by atoms with Crippen molar-refractivity contribution in [1.82, 2.24) is 9.62 Å². The van der Waals surface area contributed by atoms with Gasteiger partial charge in [-0.15, -0.1) is 0 Å². The average Bonchev–Trinajstić information content (AvgIpc) is 3.28. The lowest BCUT2D eigenvalue weighted by Gasteiger charge is -2.18. The van der Waals surface area contributed by atoms with Crippen LogP contribution in [0.3, 0.4) is 0 Å². The van der Waals surface area contributed by atoms with Gasteiger partial charge in [0, 0.05) is 25.7 Å². The number of benzene rings is 1. The molecule has 1 aromatic carbocycles. The molecule has 0 radical (unpaired) electrons. The standard InChI is InChI=1S/C15H24N2O3S/c1-4-16-10-13-9-14(7-8-15(13)20-3)21(18,19)17(2)11-12-5-6-12/h7-9,12,16H,4-6,10-11H2,1-3H3. The lowest BCUT2D eigenvalue weighted by Crippen LogP contribution is -2.29. The number of nitrogens with zero attached hydrogens (tertiary/aromatic N) is 1. The molecule has 5 nitrogen and oxygen atoms in total. The number of sulfonamides is 1. The minimum absolute atomic E-state index is 0.333. The van der Waals surface area contributed by atoms with Crippen LogP contribution < -0.4 is 10.1 Å². The zero-order valence-electron chi connectivity index (χ0n) is 12.9. The van der Waals surface area contributed by atoms with Gasteiger partial charge in [0.05, 0.1) is 12.0 Å². The molecule has 1 N–H and O–H groups in total. The van der Waals surface area contributed by atoms with Gasteiger partial charge in [0.15, 0.2) is 0 Å². The zero-order chi connectivity index (χ0) is 15.5. The van der Waals surface area contributed by atoms with E-state index in [0.29, 0.717) is 29.7 Å². The van der Waals surface area contributed by atoms with Gasteiger partial charge in [0.2, 0.25) is 10.0 Å². The predicted octanol–water partition coefficient (Wildman–Crippen LogP) is 1.84. The third kappa shape index (κ3) is 3.96. The van der Waals surface area contributed by atoms with E-state index in [1.807, 2.05) is 6.92 Å². The number of hydrogen-bond acceptors (Lipinski definition) is 4. The summed E-state index contributed by atoms with van der Waals surface area (Å²) in [4.78, 5) is 0.333. The highest BCUT2D eigenvalue weighted by Gasteiger charge is 2.29. The zero-order valence-corrected chi connectivity index (χ0v) is 13.7. The Balaban J connectivity index is 2.24. The highest BCUT2D eigenvalue weighted by Crippen LogP contribution is 2.31. The van der Waals surface area contributed by atoms with E-state index in [4.69, 9.17) is 4.74 Å². The Kier molecular flexibility index (Phi) is 5.24. The summed E-state index contributed by atoms with van der Waals surface area (Å²) in [7, 11) is -0.167. The van der Waals surface area contributed by atoms with Crippen molar-refractivity contribution in [3.05, 3.63) is 23.8 Å². The van der Waals surface area contributed by atoms with E-state index in [2.05, 4.69) is 5.32 Å². The summed E-state index contributed by atoms with van der Waals surface area (Å²) in [5.41, 5.74) is 0.861. The normalized spacial score (nSPS) is 15.4. The van der Waals surface area contributed by atoms with Gasteiger partial charge >= 0.3 is 0 Å². The minimum atomic E-state index is -3.42. The molecule has 0 spiro atoms. The highest BCUT2D eigenvalue weighted by molar-refractivity contribution is 7.89. The molecule has 6 heteroatoms. The Morgan fingerprint density at radius 1 is 1.38 bits per heavy atom. The van der Waals surface area contributed by atoms with Crippen molar-refractivity contribution in [2.75, 3.05) is 27.2 Å². The predicted molar refractivity (Wildman–Crippen MR) is 82.9 cm³/mol. The van der Waals surface area contributed by atoms with Crippen molar-refractivity contribution in [3.8, 4) is 5.75 Å². The summed E-state index contributed by atoms with van der Waals surface area (Å²) in [6, 6.07) is 5.05. The van der Waals surface area contributed by atoms with E-state index >= 15 is 0 Å². The number of methoxy groups -OCH3 is 1. The van der Waals surface area contributed by atoms with Crippen molar-refractivity contribution in [2.45, 2.75) is 31.2 Å². The fourth-order valence-electron chi connectivity index (χ4n) is 2.26. The topological polar surface area (TPSA) is 58.6 Å². The van der Waals surface area contributed by atoms with Gasteiger partial charge < -0.3 is 10.1 Å². The fourth-order valence-corrected chi connectivity index (χ4v) is 3.55. The molecule has 0 bridgehead atoms. The first-order valence-corrected chi connectivity index (χ1v) is 8.77. The minimum Gasteiger partial charge on any atom is -0.496 e. The molecule has 0 amide bonds. The molecule has 1 aliphatic rings. The van der Waals surface area contributed by atoms with Crippen LogP contribution >= 0.6 is 0 Å². The Morgan fingerprint density at radius 3 is 2.67 bits per heavy atom. The van der Waals surface area contributed by atoms with Crippen LogP contribution in [0, 0.1) is 5.92 Å². The van der Waals surface area contributed by atoms with Gasteiger partial charge in [-0.25, -0.2) is 12.7 Å². The summed E-state index contributed by atoms with van der Waals surface area (Å²) < 4.78 is 31.9. The van der Waals surface area contributed by atoms with E-state index in [9.17, 15) is 8.42 Å². The van der Waals surface area contributed by atoms with Crippen molar-refractivity contribution < 1.29 is 13.2 Å². The van der Waals surface area contributed by atoms with Crippen molar-refractivity contribution >= 4 is 10.0 Å². The molecule has 118 valence electrons. The second-order valence-corrected chi connectivity index (χ2v) is 7.53. The third-order valence-corrected chi connectivity index (χ3v) is 5.56. The summed E-state index contributed by atoms with van der Waals surface area (Å²) in [6.07, 6.45) is 2.27. The second kappa shape index (κ2) is 6.77. The molecule has 0 aliphatic heterocycles.